The molecule has 1 saturated heterocycles. The number of hydrogen-bond donors (Lipinski definition) is 0. The molecule has 2 aromatic heterocycles. The maximum absolute atomic E-state index is 12.7. The second-order valence-electron chi connectivity index (χ2n) is 6.80. The Kier molecular flexibility index (Phi) is 3.71. The van der Waals surface area contributed by atoms with Crippen LogP contribution in [0, 0.1) is 12.8 Å². The van der Waals surface area contributed by atoms with E-state index < -0.39 is 0 Å². The Bertz CT molecular complexity index is 714. The number of thiophene rings is 1. The Balaban J connectivity index is 1.34. The molecule has 0 aromatic carbocycles. The van der Waals surface area contributed by atoms with E-state index in [1.165, 1.54) is 9.75 Å². The van der Waals surface area contributed by atoms with Crippen molar-refractivity contribution in [3.63, 3.8) is 0 Å². The van der Waals surface area contributed by atoms with Gasteiger partial charge >= 0.3 is 0 Å². The number of rotatable bonds is 3. The molecule has 0 bridgehead atoms. The van der Waals surface area contributed by atoms with Gasteiger partial charge in [-0.05, 0) is 38.3 Å². The normalized spacial score (nSPS) is 24.9. The quantitative estimate of drug-likeness (QED) is 0.869. The first-order valence-electron chi connectivity index (χ1n) is 8.32. The summed E-state index contributed by atoms with van der Waals surface area (Å²) in [5.74, 6) is 2.53. The van der Waals surface area contributed by atoms with E-state index in [4.69, 9.17) is 0 Å². The first-order chi connectivity index (χ1) is 11.1. The van der Waals surface area contributed by atoms with Gasteiger partial charge in [-0.15, -0.1) is 21.5 Å². The molecular formula is C17H22N4OS. The fraction of sp³-hybridized carbons (Fsp3) is 0.588. The van der Waals surface area contributed by atoms with Crippen molar-refractivity contribution in [1.82, 2.24) is 19.7 Å². The Morgan fingerprint density at radius 3 is 2.70 bits per heavy atom. The monoisotopic (exact) mass is 330 g/mol. The number of aryl methyl sites for hydroxylation is 2. The van der Waals surface area contributed by atoms with Crippen molar-refractivity contribution >= 4 is 17.2 Å². The highest BCUT2D eigenvalue weighted by Gasteiger charge is 2.46. The zero-order chi connectivity index (χ0) is 16.0. The van der Waals surface area contributed by atoms with Gasteiger partial charge in [-0.2, -0.15) is 0 Å². The number of aromatic nitrogens is 3. The first-order valence-corrected chi connectivity index (χ1v) is 9.14. The van der Waals surface area contributed by atoms with E-state index in [2.05, 4.69) is 34.2 Å². The van der Waals surface area contributed by atoms with E-state index in [1.807, 2.05) is 23.0 Å². The summed E-state index contributed by atoms with van der Waals surface area (Å²) in [6.07, 6.45) is 4.77. The number of hydrogen-bond acceptors (Lipinski definition) is 4. The fourth-order valence-corrected chi connectivity index (χ4v) is 4.75. The Labute approximate surface area is 140 Å². The maximum Gasteiger partial charge on any atom is 0.226 e. The summed E-state index contributed by atoms with van der Waals surface area (Å²) in [4.78, 5) is 17.5. The van der Waals surface area contributed by atoms with Crippen LogP contribution in [0.15, 0.2) is 18.5 Å². The molecule has 2 atom stereocenters. The van der Waals surface area contributed by atoms with Gasteiger partial charge in [0.2, 0.25) is 5.91 Å². The molecule has 2 aliphatic rings. The molecule has 0 N–H and O–H groups in total. The van der Waals surface area contributed by atoms with Crippen LogP contribution in [-0.2, 0) is 11.8 Å². The topological polar surface area (TPSA) is 51.0 Å². The number of amides is 1. The number of carbonyl (C=O) groups is 1. The molecule has 1 saturated carbocycles. The predicted octanol–water partition coefficient (Wildman–Crippen LogP) is 2.69. The lowest BCUT2D eigenvalue weighted by atomic mass is 9.95. The van der Waals surface area contributed by atoms with E-state index in [-0.39, 0.29) is 5.92 Å². The van der Waals surface area contributed by atoms with Crippen molar-refractivity contribution in [2.24, 2.45) is 13.0 Å². The van der Waals surface area contributed by atoms with Crippen LogP contribution in [0.3, 0.4) is 0 Å². The standard InChI is InChI=1S/C17H22N4OS/c1-11-3-4-15(23-11)13-9-14(13)17(22)21-7-5-12(6-8-21)16-19-18-10-20(16)2/h3-4,10,12-14H,5-9H2,1-2H3/t13-,14+/m0/s1. The van der Waals surface area contributed by atoms with Crippen LogP contribution in [0.25, 0.3) is 0 Å². The van der Waals surface area contributed by atoms with Crippen LogP contribution in [-0.4, -0.2) is 38.7 Å². The summed E-state index contributed by atoms with van der Waals surface area (Å²) in [6, 6.07) is 4.35. The first kappa shape index (κ1) is 14.9. The molecular weight excluding hydrogens is 308 g/mol. The van der Waals surface area contributed by atoms with E-state index in [1.54, 1.807) is 6.33 Å². The van der Waals surface area contributed by atoms with E-state index >= 15 is 0 Å². The second kappa shape index (κ2) is 5.74. The van der Waals surface area contributed by atoms with Gasteiger partial charge in [0, 0.05) is 47.6 Å². The minimum absolute atomic E-state index is 0.222. The molecule has 6 heteroatoms. The smallest absolute Gasteiger partial charge is 0.226 e. The van der Waals surface area contributed by atoms with Gasteiger partial charge in [0.1, 0.15) is 12.2 Å². The lowest BCUT2D eigenvalue weighted by Crippen LogP contribution is -2.39. The molecule has 0 spiro atoms. The predicted molar refractivity (Wildman–Crippen MR) is 89.5 cm³/mol. The zero-order valence-electron chi connectivity index (χ0n) is 13.6. The van der Waals surface area contributed by atoms with Gasteiger partial charge in [0.25, 0.3) is 0 Å². The highest BCUT2D eigenvalue weighted by atomic mass is 32.1. The van der Waals surface area contributed by atoms with Crippen LogP contribution >= 0.6 is 11.3 Å². The van der Waals surface area contributed by atoms with Crippen LogP contribution in [0.5, 0.6) is 0 Å². The summed E-state index contributed by atoms with van der Waals surface area (Å²) < 4.78 is 2.00. The van der Waals surface area contributed by atoms with Crippen LogP contribution in [0.2, 0.25) is 0 Å². The lowest BCUT2D eigenvalue weighted by molar-refractivity contribution is -0.133. The molecule has 23 heavy (non-hydrogen) atoms. The van der Waals surface area contributed by atoms with Gasteiger partial charge in [-0.25, -0.2) is 0 Å². The van der Waals surface area contributed by atoms with Crippen molar-refractivity contribution in [3.8, 4) is 0 Å². The van der Waals surface area contributed by atoms with Crippen molar-refractivity contribution in [3.05, 3.63) is 34.0 Å². The number of piperidine rings is 1. The summed E-state index contributed by atoms with van der Waals surface area (Å²) in [7, 11) is 1.99. The molecule has 3 heterocycles. The molecule has 0 unspecified atom stereocenters. The van der Waals surface area contributed by atoms with Gasteiger partial charge in [0.05, 0.1) is 0 Å². The van der Waals surface area contributed by atoms with Crippen LogP contribution in [0.1, 0.15) is 46.7 Å². The summed E-state index contributed by atoms with van der Waals surface area (Å²) >= 11 is 1.84. The lowest BCUT2D eigenvalue weighted by Gasteiger charge is -2.31. The SMILES string of the molecule is Cc1ccc([C@H]2C[C@H]2C(=O)N2CCC(c3nncn3C)CC2)s1. The third-order valence-corrected chi connectivity index (χ3v) is 6.29. The molecule has 2 aromatic rings. The van der Waals surface area contributed by atoms with Gasteiger partial charge in [-0.3, -0.25) is 4.79 Å². The molecule has 2 fully saturated rings. The van der Waals surface area contributed by atoms with Crippen molar-refractivity contribution < 1.29 is 4.79 Å². The second-order valence-corrected chi connectivity index (χ2v) is 8.12. The van der Waals surface area contributed by atoms with Crippen LogP contribution < -0.4 is 0 Å². The van der Waals surface area contributed by atoms with Crippen molar-refractivity contribution in [2.45, 2.75) is 38.0 Å². The minimum Gasteiger partial charge on any atom is -0.342 e. The third kappa shape index (κ3) is 2.80. The van der Waals surface area contributed by atoms with E-state index in [0.29, 0.717) is 17.7 Å². The summed E-state index contributed by atoms with van der Waals surface area (Å²) in [5, 5.41) is 8.19. The fourth-order valence-electron chi connectivity index (χ4n) is 3.69. The molecule has 5 nitrogen and oxygen atoms in total. The van der Waals surface area contributed by atoms with Crippen LogP contribution in [0.4, 0.5) is 0 Å². The highest BCUT2D eigenvalue weighted by Crippen LogP contribution is 2.50. The number of carbonyl (C=O) groups excluding carboxylic acids is 1. The van der Waals surface area contributed by atoms with Gasteiger partial charge in [-0.1, -0.05) is 0 Å². The third-order valence-electron chi connectivity index (χ3n) is 5.15. The minimum atomic E-state index is 0.222. The molecule has 1 aliphatic heterocycles. The number of likely N-dealkylation sites (tertiary alicyclic amines) is 1. The molecule has 1 aliphatic carbocycles. The molecule has 122 valence electrons. The Hall–Kier alpha value is -1.69. The van der Waals surface area contributed by atoms with Crippen molar-refractivity contribution in [2.75, 3.05) is 13.1 Å². The maximum atomic E-state index is 12.7. The van der Waals surface area contributed by atoms with E-state index in [0.717, 1.165) is 38.2 Å². The average Bonchev–Trinajstić information content (AvgIpc) is 3.06. The highest BCUT2D eigenvalue weighted by molar-refractivity contribution is 7.12. The van der Waals surface area contributed by atoms with E-state index in [9.17, 15) is 4.79 Å². The molecule has 4 rings (SSSR count). The Morgan fingerprint density at radius 1 is 1.30 bits per heavy atom. The van der Waals surface area contributed by atoms with Crippen molar-refractivity contribution in [1.29, 1.82) is 0 Å². The zero-order valence-corrected chi connectivity index (χ0v) is 14.4. The molecule has 0 radical (unpaired) electrons. The number of nitrogens with zero attached hydrogens (tertiary/aromatic N) is 4. The summed E-state index contributed by atoms with van der Waals surface area (Å²) in [6.45, 7) is 3.83. The van der Waals surface area contributed by atoms with Gasteiger partial charge in [0.15, 0.2) is 0 Å². The summed E-state index contributed by atoms with van der Waals surface area (Å²) in [5.41, 5.74) is 0. The Morgan fingerprint density at radius 2 is 2.09 bits per heavy atom. The largest absolute Gasteiger partial charge is 0.342 e. The average molecular weight is 330 g/mol. The van der Waals surface area contributed by atoms with Gasteiger partial charge < -0.3 is 9.47 Å². The molecule has 1 amide bonds.